The normalized spacial score (nSPS) is 15.8. The molecule has 0 unspecified atom stereocenters. The Morgan fingerprint density at radius 3 is 1.97 bits per heavy atom. The molecule has 4 nitrogen and oxygen atoms in total. The van der Waals surface area contributed by atoms with Crippen LogP contribution >= 0.6 is 23.4 Å². The Hall–Kier alpha value is -3.80. The molecule has 0 spiro atoms. The molecule has 36 heavy (non-hydrogen) atoms. The predicted molar refractivity (Wildman–Crippen MR) is 149 cm³/mol. The Morgan fingerprint density at radius 2 is 1.42 bits per heavy atom. The number of carbonyl (C=O) groups excluding carboxylic acids is 1. The van der Waals surface area contributed by atoms with Crippen molar-refractivity contribution in [3.05, 3.63) is 136 Å². The molecule has 1 heterocycles. The number of thioether (sulfide) groups is 1. The lowest BCUT2D eigenvalue weighted by Gasteiger charge is -2.28. The van der Waals surface area contributed by atoms with E-state index in [1.165, 1.54) is 11.8 Å². The van der Waals surface area contributed by atoms with E-state index in [-0.39, 0.29) is 11.9 Å². The lowest BCUT2D eigenvalue weighted by molar-refractivity contribution is -0.123. The third-order valence-corrected chi connectivity index (χ3v) is 7.03. The number of methoxy groups -OCH3 is 1. The van der Waals surface area contributed by atoms with Gasteiger partial charge in [0.2, 0.25) is 0 Å². The van der Waals surface area contributed by atoms with Crippen molar-refractivity contribution >= 4 is 46.2 Å². The summed E-state index contributed by atoms with van der Waals surface area (Å²) in [7, 11) is 1.63. The van der Waals surface area contributed by atoms with E-state index in [1.807, 2.05) is 115 Å². The maximum absolute atomic E-state index is 14.0. The molecule has 4 aromatic carbocycles. The summed E-state index contributed by atoms with van der Waals surface area (Å²) in [5.41, 5.74) is 3.65. The summed E-state index contributed by atoms with van der Waals surface area (Å²) in [5.74, 6) is 0.653. The van der Waals surface area contributed by atoms with Crippen LogP contribution in [0.1, 0.15) is 22.7 Å². The summed E-state index contributed by atoms with van der Waals surface area (Å²) >= 11 is 7.43. The van der Waals surface area contributed by atoms with Gasteiger partial charge in [0.15, 0.2) is 5.17 Å². The highest BCUT2D eigenvalue weighted by Gasteiger charge is 2.39. The zero-order valence-electron chi connectivity index (χ0n) is 19.5. The van der Waals surface area contributed by atoms with Gasteiger partial charge in [-0.3, -0.25) is 9.69 Å². The lowest BCUT2D eigenvalue weighted by Crippen LogP contribution is -2.34. The zero-order valence-corrected chi connectivity index (χ0v) is 21.1. The highest BCUT2D eigenvalue weighted by Crippen LogP contribution is 2.42. The minimum absolute atomic E-state index is 0.0973. The van der Waals surface area contributed by atoms with Crippen molar-refractivity contribution in [3.63, 3.8) is 0 Å². The number of carbonyl (C=O) groups is 1. The molecule has 1 aliphatic heterocycles. The maximum atomic E-state index is 14.0. The van der Waals surface area contributed by atoms with Gasteiger partial charge in [0.1, 0.15) is 5.75 Å². The van der Waals surface area contributed by atoms with Crippen LogP contribution in [-0.2, 0) is 4.79 Å². The molecule has 178 valence electrons. The summed E-state index contributed by atoms with van der Waals surface area (Å²) in [6.07, 6.45) is 1.89. The van der Waals surface area contributed by atoms with E-state index in [0.717, 1.165) is 28.1 Å². The van der Waals surface area contributed by atoms with Gasteiger partial charge in [0, 0.05) is 5.02 Å². The molecule has 0 atom stereocenters. The van der Waals surface area contributed by atoms with Gasteiger partial charge in [0.05, 0.1) is 23.7 Å². The van der Waals surface area contributed by atoms with Crippen LogP contribution in [0.15, 0.2) is 119 Å². The van der Waals surface area contributed by atoms with Crippen molar-refractivity contribution in [1.29, 1.82) is 0 Å². The Kier molecular flexibility index (Phi) is 7.21. The number of hydrogen-bond acceptors (Lipinski definition) is 4. The van der Waals surface area contributed by atoms with E-state index in [4.69, 9.17) is 21.3 Å². The van der Waals surface area contributed by atoms with E-state index in [9.17, 15) is 4.79 Å². The van der Waals surface area contributed by atoms with Crippen molar-refractivity contribution < 1.29 is 9.53 Å². The van der Waals surface area contributed by atoms with Gasteiger partial charge >= 0.3 is 0 Å². The third kappa shape index (κ3) is 5.23. The van der Waals surface area contributed by atoms with E-state index < -0.39 is 0 Å². The van der Waals surface area contributed by atoms with E-state index >= 15 is 0 Å². The van der Waals surface area contributed by atoms with Gasteiger partial charge in [-0.2, -0.15) is 0 Å². The molecule has 0 aliphatic carbocycles. The highest BCUT2D eigenvalue weighted by atomic mass is 35.5. The first-order chi connectivity index (χ1) is 17.6. The summed E-state index contributed by atoms with van der Waals surface area (Å²) in [6.45, 7) is 0. The van der Waals surface area contributed by atoms with Crippen LogP contribution in [0.25, 0.3) is 6.08 Å². The minimum Gasteiger partial charge on any atom is -0.497 e. The van der Waals surface area contributed by atoms with Crippen molar-refractivity contribution in [3.8, 4) is 5.75 Å². The lowest BCUT2D eigenvalue weighted by atomic mass is 9.97. The maximum Gasteiger partial charge on any atom is 0.267 e. The second-order valence-electron chi connectivity index (χ2n) is 8.15. The van der Waals surface area contributed by atoms with Gasteiger partial charge < -0.3 is 4.74 Å². The molecule has 0 N–H and O–H groups in total. The first-order valence-corrected chi connectivity index (χ1v) is 12.6. The van der Waals surface area contributed by atoms with Crippen molar-refractivity contribution in [2.75, 3.05) is 7.11 Å². The van der Waals surface area contributed by atoms with E-state index in [0.29, 0.717) is 15.1 Å². The summed E-state index contributed by atoms with van der Waals surface area (Å²) in [6, 6.07) is 34.7. The molecule has 5 rings (SSSR count). The molecular weight excluding hydrogens is 488 g/mol. The SMILES string of the molecule is COc1ccc(N=C2S/C(=C\c3ccc(Cl)cc3)C(=O)N2C(c2ccccc2)c2ccccc2)cc1. The Morgan fingerprint density at radius 1 is 0.833 bits per heavy atom. The first kappa shape index (κ1) is 23.9. The second-order valence-corrected chi connectivity index (χ2v) is 9.60. The molecule has 0 radical (unpaired) electrons. The first-order valence-electron chi connectivity index (χ1n) is 11.4. The smallest absolute Gasteiger partial charge is 0.267 e. The Balaban J connectivity index is 1.63. The molecule has 1 fully saturated rings. The summed E-state index contributed by atoms with van der Waals surface area (Å²) in [5, 5.41) is 1.27. The molecule has 1 amide bonds. The Bertz CT molecular complexity index is 1360. The standard InChI is InChI=1S/C30H23ClN2O2S/c1-35-26-18-16-25(17-19-26)32-30-33(29(34)27(36-30)20-21-12-14-24(31)15-13-21)28(22-8-4-2-5-9-22)23-10-6-3-7-11-23/h2-20,28H,1H3/b27-20-,32-30?. The summed E-state index contributed by atoms with van der Waals surface area (Å²) in [4.78, 5) is 21.3. The van der Waals surface area contributed by atoms with Crippen LogP contribution in [0.5, 0.6) is 5.75 Å². The fourth-order valence-corrected chi connectivity index (χ4v) is 5.17. The van der Waals surface area contributed by atoms with Crippen LogP contribution < -0.4 is 4.74 Å². The number of benzene rings is 4. The van der Waals surface area contributed by atoms with Gasteiger partial charge in [0.25, 0.3) is 5.91 Å². The van der Waals surface area contributed by atoms with Gasteiger partial charge in [-0.05, 0) is 70.9 Å². The third-order valence-electron chi connectivity index (χ3n) is 5.79. The minimum atomic E-state index is -0.333. The fraction of sp³-hybridized carbons (Fsp3) is 0.0667. The number of aliphatic imine (C=N–C) groups is 1. The van der Waals surface area contributed by atoms with Crippen molar-refractivity contribution in [2.45, 2.75) is 6.04 Å². The molecule has 0 bridgehead atoms. The average Bonchev–Trinajstić information content (AvgIpc) is 3.21. The topological polar surface area (TPSA) is 41.9 Å². The monoisotopic (exact) mass is 510 g/mol. The van der Waals surface area contributed by atoms with Crippen LogP contribution in [0.2, 0.25) is 5.02 Å². The molecule has 4 aromatic rings. The Labute approximate surface area is 219 Å². The van der Waals surface area contributed by atoms with Crippen LogP contribution in [0.4, 0.5) is 5.69 Å². The zero-order chi connectivity index (χ0) is 24.9. The number of rotatable bonds is 6. The molecule has 0 saturated carbocycles. The average molecular weight is 511 g/mol. The van der Waals surface area contributed by atoms with Crippen molar-refractivity contribution in [1.82, 2.24) is 4.90 Å². The molecule has 0 aromatic heterocycles. The van der Waals surface area contributed by atoms with Gasteiger partial charge in [-0.25, -0.2) is 4.99 Å². The molecule has 1 aliphatic rings. The highest BCUT2D eigenvalue weighted by molar-refractivity contribution is 8.18. The van der Waals surface area contributed by atoms with Crippen LogP contribution in [0, 0.1) is 0 Å². The number of halogens is 1. The van der Waals surface area contributed by atoms with Crippen LogP contribution in [-0.4, -0.2) is 23.1 Å². The molecule has 6 heteroatoms. The number of amidine groups is 1. The van der Waals surface area contributed by atoms with Crippen molar-refractivity contribution in [2.24, 2.45) is 4.99 Å². The summed E-state index contributed by atoms with van der Waals surface area (Å²) < 4.78 is 5.29. The molecule has 1 saturated heterocycles. The van der Waals surface area contributed by atoms with Gasteiger partial charge in [-0.15, -0.1) is 0 Å². The van der Waals surface area contributed by atoms with E-state index in [2.05, 4.69) is 0 Å². The van der Waals surface area contributed by atoms with Gasteiger partial charge in [-0.1, -0.05) is 84.4 Å². The molecular formula is C30H23ClN2O2S. The number of hydrogen-bond donors (Lipinski definition) is 0. The predicted octanol–water partition coefficient (Wildman–Crippen LogP) is 7.74. The number of nitrogens with zero attached hydrogens (tertiary/aromatic N) is 2. The fourth-order valence-electron chi connectivity index (χ4n) is 4.03. The number of ether oxygens (including phenoxy) is 1. The van der Waals surface area contributed by atoms with E-state index in [1.54, 1.807) is 12.0 Å². The quantitative estimate of drug-likeness (QED) is 0.249. The van der Waals surface area contributed by atoms with Crippen LogP contribution in [0.3, 0.4) is 0 Å². The second kappa shape index (κ2) is 10.9. The largest absolute Gasteiger partial charge is 0.497 e. The number of amides is 1.